The summed E-state index contributed by atoms with van der Waals surface area (Å²) in [6, 6.07) is 9.96. The maximum absolute atomic E-state index is 12.6. The van der Waals surface area contributed by atoms with E-state index < -0.39 is 0 Å². The Bertz CT molecular complexity index is 1370. The summed E-state index contributed by atoms with van der Waals surface area (Å²) in [6.45, 7) is 8.73. The van der Waals surface area contributed by atoms with Gasteiger partial charge in [0.15, 0.2) is 0 Å². The van der Waals surface area contributed by atoms with E-state index in [4.69, 9.17) is 9.72 Å². The highest BCUT2D eigenvalue weighted by Crippen LogP contribution is 2.31. The summed E-state index contributed by atoms with van der Waals surface area (Å²) in [4.78, 5) is 30.7. The SMILES string of the molecule is Cc1cc(Nc2nc(-c3cncnc3)cc3cc[nH]c(=O)c23)ccc1N1CCOC(C)(C)C1. The molecule has 5 rings (SSSR count). The van der Waals surface area contributed by atoms with Crippen LogP contribution in [0, 0.1) is 6.92 Å². The summed E-state index contributed by atoms with van der Waals surface area (Å²) in [5.74, 6) is 0.493. The first-order chi connectivity index (χ1) is 15.9. The molecule has 0 radical (unpaired) electrons. The summed E-state index contributed by atoms with van der Waals surface area (Å²) in [5.41, 5.74) is 4.30. The Morgan fingerprint density at radius 1 is 1.15 bits per heavy atom. The Balaban J connectivity index is 1.52. The minimum Gasteiger partial charge on any atom is -0.372 e. The molecule has 2 N–H and O–H groups in total. The molecule has 1 saturated heterocycles. The van der Waals surface area contributed by atoms with Crippen LogP contribution in [-0.4, -0.2) is 45.2 Å². The van der Waals surface area contributed by atoms with Gasteiger partial charge in [-0.15, -0.1) is 0 Å². The first kappa shape index (κ1) is 21.1. The quantitative estimate of drug-likeness (QED) is 0.492. The van der Waals surface area contributed by atoms with E-state index >= 15 is 0 Å². The number of nitrogens with zero attached hydrogens (tertiary/aromatic N) is 4. The number of nitrogens with one attached hydrogen (secondary N) is 2. The van der Waals surface area contributed by atoms with Gasteiger partial charge < -0.3 is 19.9 Å². The summed E-state index contributed by atoms with van der Waals surface area (Å²) in [7, 11) is 0. The van der Waals surface area contributed by atoms with Crippen molar-refractivity contribution in [2.24, 2.45) is 0 Å². The monoisotopic (exact) mass is 442 g/mol. The lowest BCUT2D eigenvalue weighted by atomic mass is 10.0. The molecule has 0 atom stereocenters. The first-order valence-corrected chi connectivity index (χ1v) is 10.9. The first-order valence-electron chi connectivity index (χ1n) is 10.9. The number of hydrogen-bond donors (Lipinski definition) is 2. The van der Waals surface area contributed by atoms with Crippen LogP contribution in [0.2, 0.25) is 0 Å². The Morgan fingerprint density at radius 3 is 2.73 bits per heavy atom. The average molecular weight is 443 g/mol. The molecule has 8 nitrogen and oxygen atoms in total. The van der Waals surface area contributed by atoms with Crippen LogP contribution >= 0.6 is 0 Å². The number of H-pyrrole nitrogens is 1. The smallest absolute Gasteiger partial charge is 0.259 e. The molecule has 4 heterocycles. The highest BCUT2D eigenvalue weighted by molar-refractivity contribution is 5.95. The molecular weight excluding hydrogens is 416 g/mol. The van der Waals surface area contributed by atoms with E-state index in [1.807, 2.05) is 18.2 Å². The summed E-state index contributed by atoms with van der Waals surface area (Å²) >= 11 is 0. The van der Waals surface area contributed by atoms with Crippen LogP contribution in [0.25, 0.3) is 22.0 Å². The van der Waals surface area contributed by atoms with E-state index in [0.717, 1.165) is 35.3 Å². The molecule has 3 aromatic heterocycles. The van der Waals surface area contributed by atoms with Gasteiger partial charge in [-0.2, -0.15) is 0 Å². The zero-order valence-electron chi connectivity index (χ0n) is 18.9. The molecule has 0 saturated carbocycles. The average Bonchev–Trinajstić information content (AvgIpc) is 2.79. The number of pyridine rings is 2. The van der Waals surface area contributed by atoms with E-state index in [-0.39, 0.29) is 11.2 Å². The lowest BCUT2D eigenvalue weighted by Gasteiger charge is -2.40. The molecular formula is C25H26N6O2. The Hall–Kier alpha value is -3.78. The maximum Gasteiger partial charge on any atom is 0.259 e. The van der Waals surface area contributed by atoms with E-state index in [1.54, 1.807) is 18.6 Å². The molecule has 8 heteroatoms. The molecule has 4 aromatic rings. The van der Waals surface area contributed by atoms with Crippen molar-refractivity contribution in [3.63, 3.8) is 0 Å². The van der Waals surface area contributed by atoms with Gasteiger partial charge in [0.2, 0.25) is 0 Å². The van der Waals surface area contributed by atoms with Crippen LogP contribution in [0.15, 0.2) is 60.0 Å². The van der Waals surface area contributed by atoms with Crippen molar-refractivity contribution < 1.29 is 4.74 Å². The van der Waals surface area contributed by atoms with E-state index in [2.05, 4.69) is 58.1 Å². The zero-order chi connectivity index (χ0) is 23.0. The van der Waals surface area contributed by atoms with Gasteiger partial charge in [-0.05, 0) is 62.1 Å². The lowest BCUT2D eigenvalue weighted by molar-refractivity contribution is -0.0277. The second-order valence-electron chi connectivity index (χ2n) is 8.91. The van der Waals surface area contributed by atoms with Crippen LogP contribution < -0.4 is 15.8 Å². The van der Waals surface area contributed by atoms with Gasteiger partial charge >= 0.3 is 0 Å². The summed E-state index contributed by atoms with van der Waals surface area (Å²) in [6.07, 6.45) is 6.54. The van der Waals surface area contributed by atoms with Crippen molar-refractivity contribution in [2.75, 3.05) is 29.9 Å². The van der Waals surface area contributed by atoms with Crippen molar-refractivity contribution in [2.45, 2.75) is 26.4 Å². The summed E-state index contributed by atoms with van der Waals surface area (Å²) < 4.78 is 5.86. The highest BCUT2D eigenvalue weighted by atomic mass is 16.5. The van der Waals surface area contributed by atoms with Crippen LogP contribution in [0.5, 0.6) is 0 Å². The number of aryl methyl sites for hydroxylation is 1. The molecule has 0 spiro atoms. The molecule has 1 fully saturated rings. The number of fused-ring (bicyclic) bond motifs is 1. The topological polar surface area (TPSA) is 96.0 Å². The minimum atomic E-state index is -0.192. The number of benzene rings is 1. The molecule has 0 amide bonds. The van der Waals surface area contributed by atoms with Crippen molar-refractivity contribution in [3.05, 3.63) is 71.2 Å². The Kier molecular flexibility index (Phi) is 5.30. The third kappa shape index (κ3) is 4.29. The molecule has 0 unspecified atom stereocenters. The molecule has 0 bridgehead atoms. The van der Waals surface area contributed by atoms with Crippen molar-refractivity contribution in [3.8, 4) is 11.3 Å². The van der Waals surface area contributed by atoms with Gasteiger partial charge in [-0.25, -0.2) is 15.0 Å². The van der Waals surface area contributed by atoms with Gasteiger partial charge in [0.25, 0.3) is 5.56 Å². The fraction of sp³-hybridized carbons (Fsp3) is 0.280. The number of rotatable bonds is 4. The largest absolute Gasteiger partial charge is 0.372 e. The number of anilines is 3. The van der Waals surface area contributed by atoms with E-state index in [0.29, 0.717) is 23.5 Å². The number of aromatic amines is 1. The minimum absolute atomic E-state index is 0.174. The summed E-state index contributed by atoms with van der Waals surface area (Å²) in [5, 5.41) is 4.67. The van der Waals surface area contributed by atoms with Crippen molar-refractivity contribution in [1.82, 2.24) is 19.9 Å². The molecule has 168 valence electrons. The molecule has 33 heavy (non-hydrogen) atoms. The Labute approximate surface area is 191 Å². The zero-order valence-corrected chi connectivity index (χ0v) is 18.9. The molecule has 1 aliphatic heterocycles. The van der Waals surface area contributed by atoms with E-state index in [9.17, 15) is 4.79 Å². The third-order valence-corrected chi connectivity index (χ3v) is 5.84. The van der Waals surface area contributed by atoms with Crippen molar-refractivity contribution in [1.29, 1.82) is 0 Å². The lowest BCUT2D eigenvalue weighted by Crippen LogP contribution is -2.48. The van der Waals surface area contributed by atoms with E-state index in [1.165, 1.54) is 12.0 Å². The predicted molar refractivity (Wildman–Crippen MR) is 130 cm³/mol. The number of ether oxygens (including phenoxy) is 1. The van der Waals surface area contributed by atoms with Gasteiger partial charge in [0.1, 0.15) is 12.1 Å². The van der Waals surface area contributed by atoms with Gasteiger partial charge in [-0.3, -0.25) is 4.79 Å². The van der Waals surface area contributed by atoms with Crippen molar-refractivity contribution >= 4 is 28.0 Å². The Morgan fingerprint density at radius 2 is 1.97 bits per heavy atom. The molecule has 0 aliphatic carbocycles. The molecule has 1 aromatic carbocycles. The van der Waals surface area contributed by atoms with Crippen LogP contribution in [0.4, 0.5) is 17.2 Å². The number of morpholine rings is 1. The van der Waals surface area contributed by atoms with Crippen LogP contribution in [-0.2, 0) is 4.74 Å². The predicted octanol–water partition coefficient (Wildman–Crippen LogP) is 4.05. The fourth-order valence-corrected chi connectivity index (χ4v) is 4.33. The third-order valence-electron chi connectivity index (χ3n) is 5.84. The standard InChI is InChI=1S/C25H26N6O2/c1-16-10-19(4-5-21(16)31-8-9-33-25(2,3)14-31)29-23-22-17(6-7-28-24(22)32)11-20(30-23)18-12-26-15-27-13-18/h4-7,10-13,15H,8-9,14H2,1-3H3,(H,28,32)(H,29,30). The number of aromatic nitrogens is 4. The van der Waals surface area contributed by atoms with Crippen LogP contribution in [0.1, 0.15) is 19.4 Å². The second kappa shape index (κ2) is 8.29. The molecule has 1 aliphatic rings. The highest BCUT2D eigenvalue weighted by Gasteiger charge is 2.28. The van der Waals surface area contributed by atoms with Gasteiger partial charge in [0, 0.05) is 48.6 Å². The normalized spacial score (nSPS) is 15.5. The second-order valence-corrected chi connectivity index (χ2v) is 8.91. The van der Waals surface area contributed by atoms with Gasteiger partial charge in [-0.1, -0.05) is 0 Å². The number of hydrogen-bond acceptors (Lipinski definition) is 7. The van der Waals surface area contributed by atoms with Crippen LogP contribution in [0.3, 0.4) is 0 Å². The van der Waals surface area contributed by atoms with Gasteiger partial charge in [0.05, 0.1) is 23.3 Å². The maximum atomic E-state index is 12.6. The fourth-order valence-electron chi connectivity index (χ4n) is 4.33.